The summed E-state index contributed by atoms with van der Waals surface area (Å²) in [4.78, 5) is 50.5. The van der Waals surface area contributed by atoms with Crippen molar-refractivity contribution in [1.82, 2.24) is 10.6 Å². The maximum Gasteiger partial charge on any atom is 0.310 e. The quantitative estimate of drug-likeness (QED) is 0.396. The van der Waals surface area contributed by atoms with Gasteiger partial charge in [-0.05, 0) is 39.2 Å². The lowest BCUT2D eigenvalue weighted by atomic mass is 9.96. The van der Waals surface area contributed by atoms with Crippen molar-refractivity contribution in [2.75, 3.05) is 19.7 Å². The average Bonchev–Trinajstić information content (AvgIpc) is 2.79. The average molecular weight is 489 g/mol. The highest BCUT2D eigenvalue weighted by atomic mass is 16.6. The van der Waals surface area contributed by atoms with Crippen molar-refractivity contribution >= 4 is 23.8 Å². The second kappa shape index (κ2) is 13.6. The van der Waals surface area contributed by atoms with Crippen molar-refractivity contribution < 1.29 is 33.8 Å². The molecular formula is C26H36N2O7. The SMILES string of the molecule is CC(C)(C)OC(=O)C[C@@H]1C/C=C\C[C@@H](CC(=O)NCCO)C(=O)NC[C@@H](c2ccccc2)OC1=O. The van der Waals surface area contributed by atoms with E-state index < -0.39 is 35.5 Å². The van der Waals surface area contributed by atoms with Gasteiger partial charge in [-0.3, -0.25) is 19.2 Å². The van der Waals surface area contributed by atoms with Gasteiger partial charge in [-0.2, -0.15) is 0 Å². The van der Waals surface area contributed by atoms with Crippen LogP contribution in [0.15, 0.2) is 42.5 Å². The number of carbonyl (C=O) groups excluding carboxylic acids is 4. The van der Waals surface area contributed by atoms with Crippen LogP contribution in [0.25, 0.3) is 0 Å². The highest BCUT2D eigenvalue weighted by Gasteiger charge is 2.30. The third-order valence-corrected chi connectivity index (χ3v) is 5.30. The third-order valence-electron chi connectivity index (χ3n) is 5.30. The van der Waals surface area contributed by atoms with E-state index in [-0.39, 0.29) is 57.2 Å². The standard InChI is InChI=1S/C26H36N2O7/c1-26(2,3)35-23(31)16-20-12-8-7-11-19(15-22(30)27-13-14-29)24(32)28-17-21(34-25(20)33)18-9-5-4-6-10-18/h4-10,19-21,29H,11-17H2,1-3H3,(H,27,30)(H,28,32)/b8-7-/t19-,20-,21-/m0/s1. The van der Waals surface area contributed by atoms with E-state index in [9.17, 15) is 19.2 Å². The molecule has 9 heteroatoms. The van der Waals surface area contributed by atoms with Crippen LogP contribution >= 0.6 is 0 Å². The molecule has 3 N–H and O–H groups in total. The van der Waals surface area contributed by atoms with Gasteiger partial charge >= 0.3 is 11.9 Å². The van der Waals surface area contributed by atoms with Crippen LogP contribution in [-0.2, 0) is 28.7 Å². The molecule has 0 radical (unpaired) electrons. The van der Waals surface area contributed by atoms with Gasteiger partial charge in [0.05, 0.1) is 31.4 Å². The molecule has 0 bridgehead atoms. The summed E-state index contributed by atoms with van der Waals surface area (Å²) in [6.07, 6.45) is 3.01. The first kappa shape index (κ1) is 28.0. The van der Waals surface area contributed by atoms with Crippen molar-refractivity contribution in [3.05, 3.63) is 48.0 Å². The number of nitrogens with one attached hydrogen (secondary N) is 2. The van der Waals surface area contributed by atoms with Gasteiger partial charge in [0.25, 0.3) is 0 Å². The Balaban J connectivity index is 2.25. The predicted molar refractivity (Wildman–Crippen MR) is 129 cm³/mol. The molecule has 0 aliphatic carbocycles. The molecule has 0 saturated carbocycles. The van der Waals surface area contributed by atoms with E-state index in [1.54, 1.807) is 57.2 Å². The van der Waals surface area contributed by atoms with Gasteiger partial charge in [0.2, 0.25) is 11.8 Å². The third kappa shape index (κ3) is 10.3. The van der Waals surface area contributed by atoms with Gasteiger partial charge in [-0.25, -0.2) is 0 Å². The molecule has 2 amide bonds. The molecule has 2 rings (SSSR count). The number of allylic oxidation sites excluding steroid dienone is 2. The second-order valence-corrected chi connectivity index (χ2v) is 9.49. The van der Waals surface area contributed by atoms with Gasteiger partial charge in [0.15, 0.2) is 0 Å². The second-order valence-electron chi connectivity index (χ2n) is 9.49. The molecule has 192 valence electrons. The number of hydrogen-bond donors (Lipinski definition) is 3. The number of aliphatic hydroxyl groups is 1. The highest BCUT2D eigenvalue weighted by molar-refractivity contribution is 5.86. The van der Waals surface area contributed by atoms with Crippen LogP contribution in [0.5, 0.6) is 0 Å². The van der Waals surface area contributed by atoms with Gasteiger partial charge in [-0.15, -0.1) is 0 Å². The van der Waals surface area contributed by atoms with E-state index in [0.717, 1.165) is 0 Å². The minimum Gasteiger partial charge on any atom is -0.460 e. The lowest BCUT2D eigenvalue weighted by Crippen LogP contribution is -2.38. The molecule has 1 aromatic rings. The molecule has 35 heavy (non-hydrogen) atoms. The number of amides is 2. The number of hydrogen-bond acceptors (Lipinski definition) is 7. The van der Waals surface area contributed by atoms with E-state index in [1.807, 2.05) is 6.07 Å². The monoisotopic (exact) mass is 488 g/mol. The molecule has 0 aromatic heterocycles. The zero-order valence-electron chi connectivity index (χ0n) is 20.6. The van der Waals surface area contributed by atoms with E-state index >= 15 is 0 Å². The van der Waals surface area contributed by atoms with E-state index in [0.29, 0.717) is 5.56 Å². The zero-order valence-corrected chi connectivity index (χ0v) is 20.6. The topological polar surface area (TPSA) is 131 Å². The summed E-state index contributed by atoms with van der Waals surface area (Å²) in [5.41, 5.74) is 0.0186. The fraction of sp³-hybridized carbons (Fsp3) is 0.538. The predicted octanol–water partition coefficient (Wildman–Crippen LogP) is 2.20. The molecule has 1 aliphatic heterocycles. The van der Waals surface area contributed by atoms with Crippen LogP contribution < -0.4 is 10.6 Å². The van der Waals surface area contributed by atoms with E-state index in [2.05, 4.69) is 10.6 Å². The maximum absolute atomic E-state index is 13.1. The van der Waals surface area contributed by atoms with Crippen molar-refractivity contribution in [1.29, 1.82) is 0 Å². The summed E-state index contributed by atoms with van der Waals surface area (Å²) in [7, 11) is 0. The lowest BCUT2D eigenvalue weighted by molar-refractivity contribution is -0.164. The van der Waals surface area contributed by atoms with Crippen LogP contribution in [0, 0.1) is 11.8 Å². The van der Waals surface area contributed by atoms with E-state index in [4.69, 9.17) is 14.6 Å². The Bertz CT molecular complexity index is 893. The Morgan fingerprint density at radius 2 is 1.74 bits per heavy atom. The smallest absolute Gasteiger partial charge is 0.310 e. The summed E-state index contributed by atoms with van der Waals surface area (Å²) in [5.74, 6) is -3.12. The normalized spacial score (nSPS) is 22.6. The van der Waals surface area contributed by atoms with Crippen LogP contribution in [0.4, 0.5) is 0 Å². The fourth-order valence-electron chi connectivity index (χ4n) is 3.61. The number of benzene rings is 1. The largest absolute Gasteiger partial charge is 0.460 e. The zero-order chi connectivity index (χ0) is 25.8. The minimum atomic E-state index is -0.763. The Morgan fingerprint density at radius 3 is 2.37 bits per heavy atom. The minimum absolute atomic E-state index is 0.0201. The Morgan fingerprint density at radius 1 is 1.09 bits per heavy atom. The summed E-state index contributed by atoms with van der Waals surface area (Å²) in [6.45, 7) is 5.22. The molecule has 0 spiro atoms. The Labute approximate surface area is 206 Å². The van der Waals surface area contributed by atoms with Gasteiger partial charge in [-0.1, -0.05) is 42.5 Å². The lowest BCUT2D eigenvalue weighted by Gasteiger charge is -2.25. The number of ether oxygens (including phenoxy) is 2. The molecule has 1 heterocycles. The number of carbonyl (C=O) groups is 4. The Hall–Kier alpha value is -3.20. The summed E-state index contributed by atoms with van der Waals surface area (Å²) in [6, 6.07) is 9.01. The molecule has 0 fully saturated rings. The van der Waals surface area contributed by atoms with Crippen LogP contribution in [0.1, 0.15) is 58.1 Å². The summed E-state index contributed by atoms with van der Waals surface area (Å²) < 4.78 is 11.2. The molecule has 0 unspecified atom stereocenters. The Kier molecular flexibility index (Phi) is 10.9. The molecule has 0 saturated heterocycles. The fourth-order valence-corrected chi connectivity index (χ4v) is 3.61. The summed E-state index contributed by atoms with van der Waals surface area (Å²) in [5, 5.41) is 14.3. The van der Waals surface area contributed by atoms with Gasteiger partial charge < -0.3 is 25.2 Å². The van der Waals surface area contributed by atoms with Gasteiger partial charge in [0.1, 0.15) is 11.7 Å². The number of aliphatic hydroxyl groups excluding tert-OH is 1. The molecule has 1 aliphatic rings. The number of esters is 2. The van der Waals surface area contributed by atoms with Crippen molar-refractivity contribution in [2.45, 2.75) is 58.2 Å². The van der Waals surface area contributed by atoms with Crippen molar-refractivity contribution in [3.63, 3.8) is 0 Å². The maximum atomic E-state index is 13.1. The first-order chi connectivity index (χ1) is 16.6. The van der Waals surface area contributed by atoms with Crippen LogP contribution in [-0.4, -0.2) is 54.2 Å². The molecule has 9 nitrogen and oxygen atoms in total. The van der Waals surface area contributed by atoms with Crippen LogP contribution in [0.3, 0.4) is 0 Å². The van der Waals surface area contributed by atoms with Gasteiger partial charge in [0, 0.05) is 13.0 Å². The first-order valence-corrected chi connectivity index (χ1v) is 11.9. The molecule has 1 aromatic carbocycles. The van der Waals surface area contributed by atoms with Crippen molar-refractivity contribution in [3.8, 4) is 0 Å². The van der Waals surface area contributed by atoms with E-state index in [1.165, 1.54) is 0 Å². The van der Waals surface area contributed by atoms with Crippen molar-refractivity contribution in [2.24, 2.45) is 11.8 Å². The highest BCUT2D eigenvalue weighted by Crippen LogP contribution is 2.24. The first-order valence-electron chi connectivity index (χ1n) is 11.9. The molecule has 3 atom stereocenters. The summed E-state index contributed by atoms with van der Waals surface area (Å²) >= 11 is 0. The number of rotatable bonds is 7. The van der Waals surface area contributed by atoms with Crippen LogP contribution in [0.2, 0.25) is 0 Å². The molecular weight excluding hydrogens is 452 g/mol. The number of cyclic esters (lactones) is 1.